The Balaban J connectivity index is 1.96. The highest BCUT2D eigenvalue weighted by Gasteiger charge is 2.62. The van der Waals surface area contributed by atoms with Gasteiger partial charge in [0.25, 0.3) is 0 Å². The minimum Gasteiger partial charge on any atom is -0.462 e. The van der Waals surface area contributed by atoms with Crippen molar-refractivity contribution >= 4 is 5.97 Å². The number of rotatable bonds is 3. The van der Waals surface area contributed by atoms with Crippen molar-refractivity contribution in [2.24, 2.45) is 5.41 Å². The van der Waals surface area contributed by atoms with Crippen LogP contribution in [0.5, 0.6) is 0 Å². The summed E-state index contributed by atoms with van der Waals surface area (Å²) in [4.78, 5) is 11.7. The Morgan fingerprint density at radius 3 is 2.78 bits per heavy atom. The Labute approximate surface area is 103 Å². The summed E-state index contributed by atoms with van der Waals surface area (Å²) in [6.45, 7) is 0.264. The molecule has 7 heteroatoms. The van der Waals surface area contributed by atoms with Crippen molar-refractivity contribution in [2.45, 2.75) is 31.5 Å². The molecule has 0 amide bonds. The molecule has 2 unspecified atom stereocenters. The van der Waals surface area contributed by atoms with Crippen LogP contribution in [0, 0.1) is 5.41 Å². The number of ether oxygens (including phenoxy) is 2. The predicted octanol–water partition coefficient (Wildman–Crippen LogP) is 1.25. The molecule has 1 N–H and O–H groups in total. The molecule has 2 aliphatic rings. The van der Waals surface area contributed by atoms with Crippen LogP contribution in [0.15, 0.2) is 0 Å². The summed E-state index contributed by atoms with van der Waals surface area (Å²) < 4.78 is 49.0. The first kappa shape index (κ1) is 13.6. The van der Waals surface area contributed by atoms with Crippen molar-refractivity contribution in [1.29, 1.82) is 0 Å². The first-order chi connectivity index (χ1) is 8.46. The highest BCUT2D eigenvalue weighted by Crippen LogP contribution is 2.44. The van der Waals surface area contributed by atoms with Gasteiger partial charge >= 0.3 is 12.1 Å². The molecular formula is C11H16F3NO3. The van der Waals surface area contributed by atoms with Crippen molar-refractivity contribution in [1.82, 2.24) is 5.32 Å². The van der Waals surface area contributed by atoms with E-state index >= 15 is 0 Å². The Kier molecular flexibility index (Phi) is 3.82. The van der Waals surface area contributed by atoms with Crippen LogP contribution in [0.25, 0.3) is 0 Å². The van der Waals surface area contributed by atoms with Crippen LogP contribution in [0.1, 0.15) is 19.3 Å². The van der Waals surface area contributed by atoms with Crippen molar-refractivity contribution in [3.63, 3.8) is 0 Å². The van der Waals surface area contributed by atoms with E-state index in [1.807, 2.05) is 0 Å². The molecule has 0 aromatic rings. The maximum Gasteiger partial charge on any atom is 0.406 e. The van der Waals surface area contributed by atoms with Gasteiger partial charge in [-0.05, 0) is 25.8 Å². The van der Waals surface area contributed by atoms with Crippen LogP contribution in [-0.2, 0) is 14.3 Å². The van der Waals surface area contributed by atoms with Crippen LogP contribution < -0.4 is 5.32 Å². The molecule has 0 aromatic heterocycles. The zero-order valence-corrected chi connectivity index (χ0v) is 9.89. The normalized spacial score (nSPS) is 32.7. The van der Waals surface area contributed by atoms with Gasteiger partial charge in [-0.1, -0.05) is 0 Å². The number of carbonyl (C=O) groups is 1. The lowest BCUT2D eigenvalue weighted by Crippen LogP contribution is -2.48. The van der Waals surface area contributed by atoms with Crippen molar-refractivity contribution < 1.29 is 27.4 Å². The van der Waals surface area contributed by atoms with E-state index in [2.05, 4.69) is 5.32 Å². The largest absolute Gasteiger partial charge is 0.462 e. The quantitative estimate of drug-likeness (QED) is 0.782. The highest BCUT2D eigenvalue weighted by atomic mass is 19.4. The van der Waals surface area contributed by atoms with Gasteiger partial charge in [0.2, 0.25) is 0 Å². The van der Waals surface area contributed by atoms with E-state index in [-0.39, 0.29) is 25.7 Å². The number of halogens is 3. The van der Waals surface area contributed by atoms with Crippen LogP contribution >= 0.6 is 0 Å². The third-order valence-corrected chi connectivity index (χ3v) is 3.51. The highest BCUT2D eigenvalue weighted by molar-refractivity contribution is 5.78. The molecule has 2 fully saturated rings. The minimum atomic E-state index is -4.58. The SMILES string of the molecule is O=C(OCC1CCCO1)C1(C(F)(F)F)CCNC1. The van der Waals surface area contributed by atoms with Crippen molar-refractivity contribution in [3.8, 4) is 0 Å². The molecule has 0 spiro atoms. The fraction of sp³-hybridized carbons (Fsp3) is 0.909. The number of nitrogens with one attached hydrogen (secondary N) is 1. The monoisotopic (exact) mass is 267 g/mol. The lowest BCUT2D eigenvalue weighted by Gasteiger charge is -2.28. The average molecular weight is 267 g/mol. The van der Waals surface area contributed by atoms with Crippen LogP contribution in [0.4, 0.5) is 13.2 Å². The molecule has 18 heavy (non-hydrogen) atoms. The number of carbonyl (C=O) groups excluding carboxylic acids is 1. The van der Waals surface area contributed by atoms with Gasteiger partial charge < -0.3 is 14.8 Å². The molecular weight excluding hydrogens is 251 g/mol. The molecule has 0 aromatic carbocycles. The number of alkyl halides is 3. The van der Waals surface area contributed by atoms with E-state index in [1.54, 1.807) is 0 Å². The maximum absolute atomic E-state index is 13.0. The summed E-state index contributed by atoms with van der Waals surface area (Å²) in [6.07, 6.45) is -3.52. The van der Waals surface area contributed by atoms with E-state index in [9.17, 15) is 18.0 Å². The molecule has 0 bridgehead atoms. The first-order valence-electron chi connectivity index (χ1n) is 6.02. The summed E-state index contributed by atoms with van der Waals surface area (Å²) in [5.41, 5.74) is -2.38. The number of hydrogen-bond acceptors (Lipinski definition) is 4. The van der Waals surface area contributed by atoms with Gasteiger partial charge in [-0.3, -0.25) is 4.79 Å². The number of hydrogen-bond donors (Lipinski definition) is 1. The lowest BCUT2D eigenvalue weighted by molar-refractivity contribution is -0.230. The molecule has 0 radical (unpaired) electrons. The molecule has 2 saturated heterocycles. The maximum atomic E-state index is 13.0. The fourth-order valence-corrected chi connectivity index (χ4v) is 2.31. The topological polar surface area (TPSA) is 47.6 Å². The molecule has 104 valence electrons. The Morgan fingerprint density at radius 1 is 1.50 bits per heavy atom. The summed E-state index contributed by atoms with van der Waals surface area (Å²) in [6, 6.07) is 0. The molecule has 0 aliphatic carbocycles. The van der Waals surface area contributed by atoms with Crippen molar-refractivity contribution in [3.05, 3.63) is 0 Å². The van der Waals surface area contributed by atoms with Gasteiger partial charge in [-0.25, -0.2) is 0 Å². The molecule has 2 heterocycles. The Hall–Kier alpha value is -0.820. The Bertz CT molecular complexity index is 307. The zero-order chi connectivity index (χ0) is 13.2. The van der Waals surface area contributed by atoms with Gasteiger partial charge in [0.1, 0.15) is 6.61 Å². The van der Waals surface area contributed by atoms with Gasteiger partial charge in [0.05, 0.1) is 6.10 Å². The predicted molar refractivity (Wildman–Crippen MR) is 55.9 cm³/mol. The third-order valence-electron chi connectivity index (χ3n) is 3.51. The second-order valence-corrected chi connectivity index (χ2v) is 4.74. The summed E-state index contributed by atoms with van der Waals surface area (Å²) in [7, 11) is 0. The minimum absolute atomic E-state index is 0.0866. The Morgan fingerprint density at radius 2 is 2.28 bits per heavy atom. The fourth-order valence-electron chi connectivity index (χ4n) is 2.31. The van der Waals surface area contributed by atoms with Crippen LogP contribution in [0.2, 0.25) is 0 Å². The van der Waals surface area contributed by atoms with Crippen LogP contribution in [-0.4, -0.2) is 44.6 Å². The van der Waals surface area contributed by atoms with Gasteiger partial charge in [-0.2, -0.15) is 13.2 Å². The van der Waals surface area contributed by atoms with E-state index in [1.165, 1.54) is 0 Å². The van der Waals surface area contributed by atoms with E-state index < -0.39 is 24.1 Å². The zero-order valence-electron chi connectivity index (χ0n) is 9.89. The summed E-state index contributed by atoms with van der Waals surface area (Å²) in [5, 5.41) is 2.58. The molecule has 2 rings (SSSR count). The number of esters is 1. The summed E-state index contributed by atoms with van der Waals surface area (Å²) >= 11 is 0. The second-order valence-electron chi connectivity index (χ2n) is 4.74. The lowest BCUT2D eigenvalue weighted by atomic mass is 9.86. The van der Waals surface area contributed by atoms with E-state index in [0.29, 0.717) is 6.61 Å². The van der Waals surface area contributed by atoms with Crippen molar-refractivity contribution in [2.75, 3.05) is 26.3 Å². The van der Waals surface area contributed by atoms with Gasteiger partial charge in [-0.15, -0.1) is 0 Å². The molecule has 2 aliphatic heterocycles. The van der Waals surface area contributed by atoms with E-state index in [4.69, 9.17) is 9.47 Å². The second kappa shape index (κ2) is 5.05. The summed E-state index contributed by atoms with van der Waals surface area (Å²) in [5.74, 6) is -1.18. The smallest absolute Gasteiger partial charge is 0.406 e. The first-order valence-corrected chi connectivity index (χ1v) is 6.02. The average Bonchev–Trinajstić information content (AvgIpc) is 2.96. The van der Waals surface area contributed by atoms with Gasteiger partial charge in [0, 0.05) is 13.2 Å². The van der Waals surface area contributed by atoms with Crippen LogP contribution in [0.3, 0.4) is 0 Å². The van der Waals surface area contributed by atoms with Gasteiger partial charge in [0.15, 0.2) is 5.41 Å². The molecule has 0 saturated carbocycles. The van der Waals surface area contributed by atoms with E-state index in [0.717, 1.165) is 12.8 Å². The standard InChI is InChI=1S/C11H16F3NO3/c12-11(13,14)10(3-4-15-7-10)9(16)18-6-8-2-1-5-17-8/h8,15H,1-7H2. The molecule has 2 atom stereocenters. The molecule has 4 nitrogen and oxygen atoms in total. The third kappa shape index (κ3) is 2.47.